The van der Waals surface area contributed by atoms with Crippen LogP contribution in [0.4, 0.5) is 0 Å². The smallest absolute Gasteiger partial charge is 0.310 e. The normalized spacial score (nSPS) is 29.5. The molecular weight excluding hydrogens is 454 g/mol. The number of sulfone groups is 1. The molecule has 2 aromatic rings. The van der Waals surface area contributed by atoms with E-state index in [1.807, 2.05) is 24.3 Å². The molecule has 180 valence electrons. The molecule has 1 unspecified atom stereocenters. The van der Waals surface area contributed by atoms with Crippen LogP contribution in [0.2, 0.25) is 0 Å². The molecule has 2 aliphatic heterocycles. The van der Waals surface area contributed by atoms with E-state index in [9.17, 15) is 18.0 Å². The highest BCUT2D eigenvalue weighted by molar-refractivity contribution is 7.91. The minimum atomic E-state index is -3.25. The van der Waals surface area contributed by atoms with Crippen molar-refractivity contribution in [1.29, 1.82) is 0 Å². The highest BCUT2D eigenvalue weighted by Crippen LogP contribution is 2.44. The van der Waals surface area contributed by atoms with Gasteiger partial charge in [0.2, 0.25) is 0 Å². The lowest BCUT2D eigenvalue weighted by molar-refractivity contribution is -0.146. The Morgan fingerprint density at radius 2 is 1.85 bits per heavy atom. The summed E-state index contributed by atoms with van der Waals surface area (Å²) in [5.74, 6) is -0.912. The van der Waals surface area contributed by atoms with Crippen molar-refractivity contribution >= 4 is 21.7 Å². The third-order valence-corrected chi connectivity index (χ3v) is 9.37. The van der Waals surface area contributed by atoms with Crippen molar-refractivity contribution in [3.05, 3.63) is 65.2 Å². The number of benzene rings is 2. The Bertz CT molecular complexity index is 1200. The lowest BCUT2D eigenvalue weighted by Crippen LogP contribution is -2.41. The number of methoxy groups -OCH3 is 1. The number of hydrogen-bond acceptors (Lipinski definition) is 6. The number of amides is 1. The zero-order valence-corrected chi connectivity index (χ0v) is 20.0. The van der Waals surface area contributed by atoms with Crippen molar-refractivity contribution in [3.63, 3.8) is 0 Å². The molecule has 2 aromatic carbocycles. The number of ether oxygens (including phenoxy) is 2. The number of fused-ring (bicyclic) bond motifs is 1. The van der Waals surface area contributed by atoms with Gasteiger partial charge in [-0.15, -0.1) is 0 Å². The maximum Gasteiger partial charge on any atom is 0.310 e. The monoisotopic (exact) mass is 483 g/mol. The van der Waals surface area contributed by atoms with Crippen molar-refractivity contribution in [2.75, 3.05) is 19.5 Å². The topological polar surface area (TPSA) is 98.8 Å². The van der Waals surface area contributed by atoms with E-state index in [-0.39, 0.29) is 35.2 Å². The Morgan fingerprint density at radius 1 is 1.09 bits per heavy atom. The summed E-state index contributed by atoms with van der Waals surface area (Å²) in [6.07, 6.45) is 3.52. The molecule has 5 rings (SSSR count). The van der Waals surface area contributed by atoms with Gasteiger partial charge in [0.1, 0.15) is 0 Å². The molecule has 1 N–H and O–H groups in total. The number of rotatable bonds is 4. The Morgan fingerprint density at radius 3 is 2.56 bits per heavy atom. The Labute approximate surface area is 199 Å². The second kappa shape index (κ2) is 8.82. The van der Waals surface area contributed by atoms with Gasteiger partial charge in [-0.25, -0.2) is 8.42 Å². The van der Waals surface area contributed by atoms with Crippen molar-refractivity contribution in [3.8, 4) is 0 Å². The maximum absolute atomic E-state index is 13.0. The standard InChI is InChI=1S/C26H29NO6S/c1-32-25(29)21-15-26(12-4-13-33-26)16-22(21)27-24(28)18-9-7-17(8-10-18)19-11-14-34(30,31)23-6-3-2-5-20(19)23/h2-3,5-10,19,21-22H,4,11-16H2,1H3,(H,27,28)/t19?,21-,22+,26+/m0/s1. The van der Waals surface area contributed by atoms with Crippen LogP contribution in [0.3, 0.4) is 0 Å². The van der Waals surface area contributed by atoms with Gasteiger partial charge in [0.25, 0.3) is 5.91 Å². The molecule has 1 aliphatic carbocycles. The first kappa shape index (κ1) is 23.1. The lowest BCUT2D eigenvalue weighted by Gasteiger charge is -2.26. The van der Waals surface area contributed by atoms with Gasteiger partial charge in [-0.1, -0.05) is 30.3 Å². The predicted molar refractivity (Wildman–Crippen MR) is 125 cm³/mol. The van der Waals surface area contributed by atoms with E-state index in [0.717, 1.165) is 24.0 Å². The van der Waals surface area contributed by atoms with Gasteiger partial charge in [0.15, 0.2) is 9.84 Å². The molecular formula is C26H29NO6S. The first-order valence-corrected chi connectivity index (χ1v) is 13.4. The first-order valence-electron chi connectivity index (χ1n) is 11.8. The van der Waals surface area contributed by atoms with Crippen molar-refractivity contribution in [2.45, 2.75) is 54.6 Å². The number of hydrogen-bond donors (Lipinski definition) is 1. The van der Waals surface area contributed by atoms with Crippen LogP contribution in [-0.4, -0.2) is 51.4 Å². The molecule has 2 heterocycles. The summed E-state index contributed by atoms with van der Waals surface area (Å²) in [6, 6.07) is 14.1. The fourth-order valence-corrected chi connectivity index (χ4v) is 7.47. The zero-order valence-electron chi connectivity index (χ0n) is 19.2. The third-order valence-electron chi connectivity index (χ3n) is 7.55. The molecule has 1 spiro atoms. The minimum absolute atomic E-state index is 0.0326. The van der Waals surface area contributed by atoms with Crippen LogP contribution >= 0.6 is 0 Å². The van der Waals surface area contributed by atoms with Gasteiger partial charge in [0.05, 0.1) is 29.3 Å². The summed E-state index contributed by atoms with van der Waals surface area (Å²) >= 11 is 0. The van der Waals surface area contributed by atoms with Crippen LogP contribution in [0.1, 0.15) is 59.5 Å². The van der Waals surface area contributed by atoms with Crippen LogP contribution in [0.25, 0.3) is 0 Å². The van der Waals surface area contributed by atoms with Gasteiger partial charge in [-0.05, 0) is 61.4 Å². The SMILES string of the molecule is COC(=O)[C@H]1C[C@]2(CCCO2)C[C@H]1NC(=O)c1ccc(C2CCS(=O)(=O)c3ccccc32)cc1. The fraction of sp³-hybridized carbons (Fsp3) is 0.462. The van der Waals surface area contributed by atoms with Gasteiger partial charge >= 0.3 is 5.97 Å². The third kappa shape index (κ3) is 4.14. The van der Waals surface area contributed by atoms with Crippen molar-refractivity contribution in [2.24, 2.45) is 5.92 Å². The minimum Gasteiger partial charge on any atom is -0.469 e. The Kier molecular flexibility index (Phi) is 5.98. The molecule has 0 radical (unpaired) electrons. The highest BCUT2D eigenvalue weighted by Gasteiger charge is 2.51. The van der Waals surface area contributed by atoms with Crippen molar-refractivity contribution in [1.82, 2.24) is 5.32 Å². The summed E-state index contributed by atoms with van der Waals surface area (Å²) in [4.78, 5) is 25.8. The second-order valence-electron chi connectivity index (χ2n) is 9.57. The van der Waals surface area contributed by atoms with E-state index >= 15 is 0 Å². The first-order chi connectivity index (χ1) is 16.3. The van der Waals surface area contributed by atoms with Crippen LogP contribution < -0.4 is 5.32 Å². The number of carbonyl (C=O) groups excluding carboxylic acids is 2. The van der Waals surface area contributed by atoms with Crippen molar-refractivity contribution < 1.29 is 27.5 Å². The molecule has 1 saturated heterocycles. The quantitative estimate of drug-likeness (QED) is 0.671. The van der Waals surface area contributed by atoms with E-state index in [0.29, 0.717) is 36.3 Å². The zero-order chi connectivity index (χ0) is 23.9. The number of nitrogens with one attached hydrogen (secondary N) is 1. The average Bonchev–Trinajstić information content (AvgIpc) is 3.45. The molecule has 7 nitrogen and oxygen atoms in total. The van der Waals surface area contributed by atoms with E-state index < -0.39 is 15.8 Å². The molecule has 1 saturated carbocycles. The summed E-state index contributed by atoms with van der Waals surface area (Å²) in [5.41, 5.74) is 1.93. The molecule has 34 heavy (non-hydrogen) atoms. The van der Waals surface area contributed by atoms with Crippen LogP contribution in [0.5, 0.6) is 0 Å². The fourth-order valence-electron chi connectivity index (χ4n) is 5.85. The summed E-state index contributed by atoms with van der Waals surface area (Å²) < 4.78 is 35.9. The molecule has 8 heteroatoms. The summed E-state index contributed by atoms with van der Waals surface area (Å²) in [5, 5.41) is 3.04. The summed E-state index contributed by atoms with van der Waals surface area (Å²) in [7, 11) is -1.88. The van der Waals surface area contributed by atoms with Gasteiger partial charge in [0, 0.05) is 24.1 Å². The molecule has 2 fully saturated rings. The lowest BCUT2D eigenvalue weighted by atomic mass is 9.88. The second-order valence-corrected chi connectivity index (χ2v) is 11.7. The van der Waals surface area contributed by atoms with E-state index in [4.69, 9.17) is 9.47 Å². The molecule has 1 amide bonds. The number of carbonyl (C=O) groups is 2. The molecule has 0 bridgehead atoms. The van der Waals surface area contributed by atoms with Gasteiger partial charge in [-0.3, -0.25) is 9.59 Å². The molecule has 3 aliphatic rings. The Balaban J connectivity index is 1.33. The van der Waals surface area contributed by atoms with Crippen LogP contribution in [-0.2, 0) is 24.1 Å². The largest absolute Gasteiger partial charge is 0.469 e. The number of esters is 1. The van der Waals surface area contributed by atoms with Gasteiger partial charge in [-0.2, -0.15) is 0 Å². The highest BCUT2D eigenvalue weighted by atomic mass is 32.2. The van der Waals surface area contributed by atoms with Crippen LogP contribution in [0, 0.1) is 5.92 Å². The summed E-state index contributed by atoms with van der Waals surface area (Å²) in [6.45, 7) is 0.682. The van der Waals surface area contributed by atoms with E-state index in [1.54, 1.807) is 24.3 Å². The maximum atomic E-state index is 13.0. The Hall–Kier alpha value is -2.71. The molecule has 0 aromatic heterocycles. The van der Waals surface area contributed by atoms with Crippen LogP contribution in [0.15, 0.2) is 53.4 Å². The van der Waals surface area contributed by atoms with Gasteiger partial charge < -0.3 is 14.8 Å². The predicted octanol–water partition coefficient (Wildman–Crippen LogP) is 3.23. The average molecular weight is 484 g/mol. The van der Waals surface area contributed by atoms with E-state index in [1.165, 1.54) is 7.11 Å². The van der Waals surface area contributed by atoms with E-state index in [2.05, 4.69) is 5.32 Å². The molecule has 4 atom stereocenters.